The first-order chi connectivity index (χ1) is 13.2. The molecule has 4 rings (SSSR count). The fourth-order valence-corrected chi connectivity index (χ4v) is 4.08. The topological polar surface area (TPSA) is 63.0 Å². The molecule has 0 aliphatic carbocycles. The SMILES string of the molecule is O=C(COc1ccc2ccc(=O)oc2c1)N1CCC(CN2CCCCC2)C1. The summed E-state index contributed by atoms with van der Waals surface area (Å²) >= 11 is 0. The Morgan fingerprint density at radius 3 is 2.78 bits per heavy atom. The number of likely N-dealkylation sites (tertiary alicyclic amines) is 2. The molecule has 0 saturated carbocycles. The summed E-state index contributed by atoms with van der Waals surface area (Å²) in [6.45, 7) is 5.16. The number of fused-ring (bicyclic) bond motifs is 1. The first-order valence-corrected chi connectivity index (χ1v) is 9.84. The normalized spacial score (nSPS) is 20.9. The predicted octanol–water partition coefficient (Wildman–Crippen LogP) is 2.51. The average Bonchev–Trinajstić information content (AvgIpc) is 3.15. The second kappa shape index (κ2) is 8.13. The molecule has 0 bridgehead atoms. The van der Waals surface area contributed by atoms with Crippen molar-refractivity contribution in [2.45, 2.75) is 25.7 Å². The van der Waals surface area contributed by atoms with E-state index in [-0.39, 0.29) is 12.5 Å². The van der Waals surface area contributed by atoms with E-state index in [4.69, 9.17) is 9.15 Å². The molecule has 0 N–H and O–H groups in total. The zero-order valence-corrected chi connectivity index (χ0v) is 15.6. The van der Waals surface area contributed by atoms with Crippen LogP contribution in [0.25, 0.3) is 11.0 Å². The Hall–Kier alpha value is -2.34. The maximum absolute atomic E-state index is 12.5. The molecule has 6 nitrogen and oxygen atoms in total. The van der Waals surface area contributed by atoms with Crippen molar-refractivity contribution < 1.29 is 13.9 Å². The lowest BCUT2D eigenvalue weighted by Crippen LogP contribution is -2.37. The minimum absolute atomic E-state index is 0.0129. The molecular formula is C21H26N2O4. The third-order valence-electron chi connectivity index (χ3n) is 5.56. The Labute approximate surface area is 158 Å². The number of hydrogen-bond donors (Lipinski definition) is 0. The van der Waals surface area contributed by atoms with Crippen LogP contribution < -0.4 is 10.4 Å². The van der Waals surface area contributed by atoms with Gasteiger partial charge >= 0.3 is 5.63 Å². The molecule has 6 heteroatoms. The number of amides is 1. The van der Waals surface area contributed by atoms with E-state index in [9.17, 15) is 9.59 Å². The molecule has 27 heavy (non-hydrogen) atoms. The molecule has 2 aliphatic rings. The number of hydrogen-bond acceptors (Lipinski definition) is 5. The van der Waals surface area contributed by atoms with E-state index in [1.54, 1.807) is 18.2 Å². The molecule has 1 aromatic carbocycles. The Kier molecular flexibility index (Phi) is 5.43. The van der Waals surface area contributed by atoms with Crippen molar-refractivity contribution in [3.63, 3.8) is 0 Å². The van der Waals surface area contributed by atoms with E-state index in [1.807, 2.05) is 11.0 Å². The number of carbonyl (C=O) groups is 1. The van der Waals surface area contributed by atoms with E-state index in [2.05, 4.69) is 4.90 Å². The maximum atomic E-state index is 12.5. The van der Waals surface area contributed by atoms with Crippen molar-refractivity contribution in [2.75, 3.05) is 39.3 Å². The number of benzene rings is 1. The van der Waals surface area contributed by atoms with Gasteiger partial charge in [-0.3, -0.25) is 4.79 Å². The van der Waals surface area contributed by atoms with Crippen molar-refractivity contribution >= 4 is 16.9 Å². The fourth-order valence-electron chi connectivity index (χ4n) is 4.08. The Morgan fingerprint density at radius 2 is 1.93 bits per heavy atom. The van der Waals surface area contributed by atoms with Crippen LogP contribution in [0.1, 0.15) is 25.7 Å². The highest BCUT2D eigenvalue weighted by atomic mass is 16.5. The summed E-state index contributed by atoms with van der Waals surface area (Å²) in [6.07, 6.45) is 5.02. The zero-order valence-electron chi connectivity index (χ0n) is 15.6. The summed E-state index contributed by atoms with van der Waals surface area (Å²) < 4.78 is 10.8. The highest BCUT2D eigenvalue weighted by molar-refractivity contribution is 5.79. The summed E-state index contributed by atoms with van der Waals surface area (Å²) in [6, 6.07) is 8.37. The molecular weight excluding hydrogens is 344 g/mol. The number of piperidine rings is 1. The molecule has 1 unspecified atom stereocenters. The van der Waals surface area contributed by atoms with Crippen LogP contribution in [0.3, 0.4) is 0 Å². The molecule has 0 spiro atoms. The number of nitrogens with zero attached hydrogens (tertiary/aromatic N) is 2. The van der Waals surface area contributed by atoms with Crippen LogP contribution >= 0.6 is 0 Å². The van der Waals surface area contributed by atoms with E-state index in [0.717, 1.165) is 31.4 Å². The number of ether oxygens (including phenoxy) is 1. The zero-order chi connectivity index (χ0) is 18.6. The standard InChI is InChI=1S/C21H26N2O4/c24-20(23-11-8-16(14-23)13-22-9-2-1-3-10-22)15-26-18-6-4-17-5-7-21(25)27-19(17)12-18/h4-7,12,16H,1-3,8-11,13-15H2. The van der Waals surface area contributed by atoms with Gasteiger partial charge in [0.25, 0.3) is 5.91 Å². The summed E-state index contributed by atoms with van der Waals surface area (Å²) in [5.74, 6) is 1.13. The molecule has 0 radical (unpaired) electrons. The van der Waals surface area contributed by atoms with E-state index in [0.29, 0.717) is 17.3 Å². The Balaban J connectivity index is 1.28. The first-order valence-electron chi connectivity index (χ1n) is 9.84. The van der Waals surface area contributed by atoms with E-state index in [1.165, 1.54) is 38.4 Å². The van der Waals surface area contributed by atoms with Gasteiger partial charge in [0.15, 0.2) is 6.61 Å². The van der Waals surface area contributed by atoms with Gasteiger partial charge in [0, 0.05) is 37.2 Å². The monoisotopic (exact) mass is 370 g/mol. The molecule has 2 aromatic rings. The van der Waals surface area contributed by atoms with E-state index < -0.39 is 5.63 Å². The van der Waals surface area contributed by atoms with Crippen LogP contribution in [0.4, 0.5) is 0 Å². The third-order valence-corrected chi connectivity index (χ3v) is 5.56. The summed E-state index contributed by atoms with van der Waals surface area (Å²) in [4.78, 5) is 28.3. The predicted molar refractivity (Wildman–Crippen MR) is 103 cm³/mol. The van der Waals surface area contributed by atoms with Gasteiger partial charge < -0.3 is 19.0 Å². The summed E-state index contributed by atoms with van der Waals surface area (Å²) in [5.41, 5.74) is 0.0720. The van der Waals surface area contributed by atoms with Crippen molar-refractivity contribution in [3.8, 4) is 5.75 Å². The van der Waals surface area contributed by atoms with Crippen LogP contribution in [-0.2, 0) is 4.79 Å². The van der Waals surface area contributed by atoms with Crippen molar-refractivity contribution in [1.82, 2.24) is 9.80 Å². The van der Waals surface area contributed by atoms with Gasteiger partial charge in [0.05, 0.1) is 0 Å². The molecule has 2 saturated heterocycles. The lowest BCUT2D eigenvalue weighted by molar-refractivity contribution is -0.132. The lowest BCUT2D eigenvalue weighted by Gasteiger charge is -2.29. The largest absolute Gasteiger partial charge is 0.484 e. The summed E-state index contributed by atoms with van der Waals surface area (Å²) in [5, 5.41) is 0.827. The fraction of sp³-hybridized carbons (Fsp3) is 0.524. The average molecular weight is 370 g/mol. The van der Waals surface area contributed by atoms with Crippen molar-refractivity contribution in [3.05, 3.63) is 40.8 Å². The molecule has 2 aliphatic heterocycles. The second-order valence-corrected chi connectivity index (χ2v) is 7.60. The lowest BCUT2D eigenvalue weighted by atomic mass is 10.1. The Morgan fingerprint density at radius 1 is 1.11 bits per heavy atom. The minimum atomic E-state index is -0.396. The Bertz CT molecular complexity index is 857. The molecule has 1 atom stereocenters. The van der Waals surface area contributed by atoms with Gasteiger partial charge in [-0.05, 0) is 56.5 Å². The van der Waals surface area contributed by atoms with Gasteiger partial charge in [-0.1, -0.05) is 6.42 Å². The van der Waals surface area contributed by atoms with Gasteiger partial charge in [-0.2, -0.15) is 0 Å². The third kappa shape index (κ3) is 4.50. The highest BCUT2D eigenvalue weighted by Crippen LogP contribution is 2.22. The van der Waals surface area contributed by atoms with Gasteiger partial charge in [0.2, 0.25) is 0 Å². The molecule has 1 amide bonds. The number of carbonyl (C=O) groups excluding carboxylic acids is 1. The molecule has 144 valence electrons. The van der Waals surface area contributed by atoms with Crippen LogP contribution in [0, 0.1) is 5.92 Å². The summed E-state index contributed by atoms with van der Waals surface area (Å²) in [7, 11) is 0. The second-order valence-electron chi connectivity index (χ2n) is 7.60. The highest BCUT2D eigenvalue weighted by Gasteiger charge is 2.28. The quantitative estimate of drug-likeness (QED) is 0.757. The van der Waals surface area contributed by atoms with Crippen LogP contribution in [0.15, 0.2) is 39.5 Å². The van der Waals surface area contributed by atoms with Crippen LogP contribution in [0.2, 0.25) is 0 Å². The first kappa shape index (κ1) is 18.0. The molecule has 3 heterocycles. The van der Waals surface area contributed by atoms with Gasteiger partial charge in [-0.25, -0.2) is 4.79 Å². The maximum Gasteiger partial charge on any atom is 0.336 e. The molecule has 1 aromatic heterocycles. The van der Waals surface area contributed by atoms with Gasteiger partial charge in [-0.15, -0.1) is 0 Å². The van der Waals surface area contributed by atoms with Crippen molar-refractivity contribution in [1.29, 1.82) is 0 Å². The van der Waals surface area contributed by atoms with Gasteiger partial charge in [0.1, 0.15) is 11.3 Å². The smallest absolute Gasteiger partial charge is 0.336 e. The number of rotatable bonds is 5. The minimum Gasteiger partial charge on any atom is -0.484 e. The van der Waals surface area contributed by atoms with Crippen molar-refractivity contribution in [2.24, 2.45) is 5.92 Å². The van der Waals surface area contributed by atoms with Crippen LogP contribution in [0.5, 0.6) is 5.75 Å². The molecule has 2 fully saturated rings. The van der Waals surface area contributed by atoms with Crippen LogP contribution in [-0.4, -0.2) is 55.0 Å². The van der Waals surface area contributed by atoms with E-state index >= 15 is 0 Å².